The van der Waals surface area contributed by atoms with Gasteiger partial charge >= 0.3 is 0 Å². The van der Waals surface area contributed by atoms with Crippen LogP contribution in [-0.2, 0) is 6.54 Å². The maximum absolute atomic E-state index is 10.6. The largest absolute Gasteiger partial charge is 0.306 e. The van der Waals surface area contributed by atoms with Crippen LogP contribution >= 0.6 is 0 Å². The van der Waals surface area contributed by atoms with Crippen molar-refractivity contribution in [1.29, 1.82) is 0 Å². The molecule has 0 bridgehead atoms. The second-order valence-electron chi connectivity index (χ2n) is 4.44. The number of nitrogens with zero attached hydrogens (tertiary/aromatic N) is 1. The van der Waals surface area contributed by atoms with Crippen molar-refractivity contribution in [3.05, 3.63) is 75.8 Å². The van der Waals surface area contributed by atoms with Crippen molar-refractivity contribution in [3.8, 4) is 0 Å². The molecule has 0 heterocycles. The molecule has 0 aliphatic rings. The molecule has 0 fully saturated rings. The Morgan fingerprint density at radius 2 is 1.74 bits per heavy atom. The Kier molecular flexibility index (Phi) is 4.26. The molecule has 0 aliphatic carbocycles. The molecule has 0 spiro atoms. The molecule has 19 heavy (non-hydrogen) atoms. The lowest BCUT2D eigenvalue weighted by atomic mass is 10.1. The fourth-order valence-corrected chi connectivity index (χ4v) is 1.87. The molecule has 0 amide bonds. The molecule has 1 N–H and O–H groups in total. The van der Waals surface area contributed by atoms with E-state index in [1.54, 1.807) is 12.1 Å². The monoisotopic (exact) mass is 256 g/mol. The van der Waals surface area contributed by atoms with Gasteiger partial charge in [0.1, 0.15) is 0 Å². The quantitative estimate of drug-likeness (QED) is 0.658. The van der Waals surface area contributed by atoms with Crippen LogP contribution in [0.4, 0.5) is 5.69 Å². The third-order valence-electron chi connectivity index (χ3n) is 3.06. The number of nitro benzene ring substituents is 1. The fourth-order valence-electron chi connectivity index (χ4n) is 1.87. The summed E-state index contributed by atoms with van der Waals surface area (Å²) in [5.41, 5.74) is 2.39. The van der Waals surface area contributed by atoms with E-state index < -0.39 is 0 Å². The van der Waals surface area contributed by atoms with Crippen LogP contribution < -0.4 is 5.32 Å². The van der Waals surface area contributed by atoms with Gasteiger partial charge in [-0.1, -0.05) is 42.5 Å². The molecule has 2 rings (SSSR count). The van der Waals surface area contributed by atoms with E-state index in [-0.39, 0.29) is 16.7 Å². The van der Waals surface area contributed by atoms with Gasteiger partial charge in [0.15, 0.2) is 0 Å². The van der Waals surface area contributed by atoms with Crippen LogP contribution in [0, 0.1) is 10.1 Å². The van der Waals surface area contributed by atoms with E-state index >= 15 is 0 Å². The predicted molar refractivity (Wildman–Crippen MR) is 74.8 cm³/mol. The number of hydrogen-bond acceptors (Lipinski definition) is 3. The maximum atomic E-state index is 10.6. The zero-order valence-electron chi connectivity index (χ0n) is 10.7. The Morgan fingerprint density at radius 3 is 2.32 bits per heavy atom. The number of nitro groups is 1. The number of non-ortho nitro benzene ring substituents is 1. The highest BCUT2D eigenvalue weighted by molar-refractivity contribution is 5.34. The molecule has 4 heteroatoms. The van der Waals surface area contributed by atoms with Gasteiger partial charge in [0.05, 0.1) is 4.92 Å². The van der Waals surface area contributed by atoms with Crippen molar-refractivity contribution in [2.45, 2.75) is 19.5 Å². The van der Waals surface area contributed by atoms with Crippen molar-refractivity contribution in [1.82, 2.24) is 5.32 Å². The van der Waals surface area contributed by atoms with E-state index in [1.807, 2.05) is 25.1 Å². The van der Waals surface area contributed by atoms with Gasteiger partial charge in [-0.15, -0.1) is 0 Å². The van der Waals surface area contributed by atoms with Crippen LogP contribution in [0.25, 0.3) is 0 Å². The van der Waals surface area contributed by atoms with Gasteiger partial charge in [-0.25, -0.2) is 0 Å². The summed E-state index contributed by atoms with van der Waals surface area (Å²) in [6.07, 6.45) is 0. The molecule has 0 radical (unpaired) electrons. The van der Waals surface area contributed by atoms with Crippen molar-refractivity contribution in [2.24, 2.45) is 0 Å². The third kappa shape index (κ3) is 3.63. The van der Waals surface area contributed by atoms with Gasteiger partial charge < -0.3 is 5.32 Å². The summed E-state index contributed by atoms with van der Waals surface area (Å²) in [6, 6.07) is 16.9. The maximum Gasteiger partial charge on any atom is 0.269 e. The molecule has 98 valence electrons. The molecule has 0 unspecified atom stereocenters. The van der Waals surface area contributed by atoms with E-state index in [2.05, 4.69) is 17.4 Å². The van der Waals surface area contributed by atoms with Crippen molar-refractivity contribution >= 4 is 5.69 Å². The summed E-state index contributed by atoms with van der Waals surface area (Å²) >= 11 is 0. The number of nitrogens with one attached hydrogen (secondary N) is 1. The first-order valence-corrected chi connectivity index (χ1v) is 6.18. The molecule has 2 aromatic rings. The average molecular weight is 256 g/mol. The second kappa shape index (κ2) is 6.11. The van der Waals surface area contributed by atoms with Crippen LogP contribution in [0.15, 0.2) is 54.6 Å². The second-order valence-corrected chi connectivity index (χ2v) is 4.44. The molecule has 2 aromatic carbocycles. The van der Waals surface area contributed by atoms with E-state index in [0.717, 1.165) is 12.1 Å². The van der Waals surface area contributed by atoms with Crippen LogP contribution in [0.2, 0.25) is 0 Å². The molecule has 0 saturated heterocycles. The van der Waals surface area contributed by atoms with Gasteiger partial charge in [0.2, 0.25) is 0 Å². The Hall–Kier alpha value is -2.20. The molecule has 0 saturated carbocycles. The van der Waals surface area contributed by atoms with Gasteiger partial charge in [-0.05, 0) is 18.1 Å². The molecule has 0 aromatic heterocycles. The highest BCUT2D eigenvalue weighted by Gasteiger charge is 2.08. The standard InChI is InChI=1S/C15H16N2O2/c1-12(16-11-13-5-3-2-4-6-13)14-7-9-15(10-8-14)17(18)19/h2-10,12,16H,11H2,1H3/t12-/m1/s1. The summed E-state index contributed by atoms with van der Waals surface area (Å²) < 4.78 is 0. The normalized spacial score (nSPS) is 12.1. The average Bonchev–Trinajstić information content (AvgIpc) is 2.46. The van der Waals surface area contributed by atoms with Crippen molar-refractivity contribution in [3.63, 3.8) is 0 Å². The first-order chi connectivity index (χ1) is 9.16. The Morgan fingerprint density at radius 1 is 1.11 bits per heavy atom. The first kappa shape index (κ1) is 13.2. The molecule has 1 atom stereocenters. The number of rotatable bonds is 5. The molecule has 4 nitrogen and oxygen atoms in total. The Balaban J connectivity index is 1.96. The van der Waals surface area contributed by atoms with E-state index in [4.69, 9.17) is 0 Å². The SMILES string of the molecule is C[C@@H](NCc1ccccc1)c1ccc([N+](=O)[O-])cc1. The lowest BCUT2D eigenvalue weighted by Gasteiger charge is -2.14. The van der Waals surface area contributed by atoms with Crippen LogP contribution in [-0.4, -0.2) is 4.92 Å². The van der Waals surface area contributed by atoms with E-state index in [9.17, 15) is 10.1 Å². The van der Waals surface area contributed by atoms with Gasteiger partial charge in [0.25, 0.3) is 5.69 Å². The van der Waals surface area contributed by atoms with Gasteiger partial charge in [0, 0.05) is 24.7 Å². The smallest absolute Gasteiger partial charge is 0.269 e. The third-order valence-corrected chi connectivity index (χ3v) is 3.06. The zero-order chi connectivity index (χ0) is 13.7. The lowest BCUT2D eigenvalue weighted by molar-refractivity contribution is -0.384. The van der Waals surface area contributed by atoms with Crippen molar-refractivity contribution in [2.75, 3.05) is 0 Å². The minimum Gasteiger partial charge on any atom is -0.306 e. The summed E-state index contributed by atoms with van der Waals surface area (Å²) in [5.74, 6) is 0. The Bertz CT molecular complexity index is 538. The van der Waals surface area contributed by atoms with E-state index in [1.165, 1.54) is 17.7 Å². The summed E-state index contributed by atoms with van der Waals surface area (Å²) in [4.78, 5) is 10.2. The first-order valence-electron chi connectivity index (χ1n) is 6.18. The molecular weight excluding hydrogens is 240 g/mol. The highest BCUT2D eigenvalue weighted by atomic mass is 16.6. The molecule has 0 aliphatic heterocycles. The minimum atomic E-state index is -0.383. The fraction of sp³-hybridized carbons (Fsp3) is 0.200. The summed E-state index contributed by atoms with van der Waals surface area (Å²) in [7, 11) is 0. The number of benzene rings is 2. The van der Waals surface area contributed by atoms with Crippen LogP contribution in [0.5, 0.6) is 0 Å². The van der Waals surface area contributed by atoms with Crippen LogP contribution in [0.3, 0.4) is 0 Å². The van der Waals surface area contributed by atoms with Crippen LogP contribution in [0.1, 0.15) is 24.1 Å². The van der Waals surface area contributed by atoms with Gasteiger partial charge in [-0.3, -0.25) is 10.1 Å². The lowest BCUT2D eigenvalue weighted by Crippen LogP contribution is -2.17. The highest BCUT2D eigenvalue weighted by Crippen LogP contribution is 2.17. The Labute approximate surface area is 112 Å². The van der Waals surface area contributed by atoms with Crippen molar-refractivity contribution < 1.29 is 4.92 Å². The zero-order valence-corrected chi connectivity index (χ0v) is 10.7. The summed E-state index contributed by atoms with van der Waals surface area (Å²) in [6.45, 7) is 2.82. The molecular formula is C15H16N2O2. The topological polar surface area (TPSA) is 55.2 Å². The summed E-state index contributed by atoms with van der Waals surface area (Å²) in [5, 5.41) is 14.0. The van der Waals surface area contributed by atoms with E-state index in [0.29, 0.717) is 0 Å². The van der Waals surface area contributed by atoms with Gasteiger partial charge in [-0.2, -0.15) is 0 Å². The minimum absolute atomic E-state index is 0.124. The number of hydrogen-bond donors (Lipinski definition) is 1. The predicted octanol–water partition coefficient (Wildman–Crippen LogP) is 3.45.